The molecule has 3 aromatic rings. The Bertz CT molecular complexity index is 1090. The number of carbonyl (C=O) groups excluding carboxylic acids is 1. The maximum absolute atomic E-state index is 12.1. The highest BCUT2D eigenvalue weighted by molar-refractivity contribution is 6.34. The van der Waals surface area contributed by atoms with Gasteiger partial charge in [0.05, 0.1) is 23.3 Å². The molecule has 0 saturated carbocycles. The van der Waals surface area contributed by atoms with E-state index in [9.17, 15) is 4.79 Å². The van der Waals surface area contributed by atoms with Crippen LogP contribution in [-0.4, -0.2) is 21.6 Å². The van der Waals surface area contributed by atoms with Gasteiger partial charge in [-0.1, -0.05) is 53.5 Å². The van der Waals surface area contributed by atoms with E-state index in [0.717, 1.165) is 11.1 Å². The zero-order valence-corrected chi connectivity index (χ0v) is 15.5. The van der Waals surface area contributed by atoms with Crippen molar-refractivity contribution >= 4 is 41.1 Å². The van der Waals surface area contributed by atoms with Crippen molar-refractivity contribution in [2.75, 3.05) is 0 Å². The van der Waals surface area contributed by atoms with Crippen LogP contribution in [0, 0.1) is 0 Å². The lowest BCUT2D eigenvalue weighted by Crippen LogP contribution is -2.05. The van der Waals surface area contributed by atoms with E-state index in [0.29, 0.717) is 22.2 Å². The van der Waals surface area contributed by atoms with Gasteiger partial charge in [0.1, 0.15) is 0 Å². The minimum absolute atomic E-state index is 0.195. The van der Waals surface area contributed by atoms with Crippen molar-refractivity contribution < 1.29 is 9.53 Å². The van der Waals surface area contributed by atoms with Crippen molar-refractivity contribution in [1.82, 2.24) is 9.78 Å². The van der Waals surface area contributed by atoms with Crippen LogP contribution in [0.15, 0.2) is 71.6 Å². The highest BCUT2D eigenvalue weighted by Gasteiger charge is 2.25. The average Bonchev–Trinajstić information content (AvgIpc) is 3.24. The molecule has 0 fully saturated rings. The fraction of sp³-hybridized carbons (Fsp3) is 0.0500. The molecule has 27 heavy (non-hydrogen) atoms. The first-order valence-corrected chi connectivity index (χ1v) is 8.89. The number of rotatable bonds is 4. The first-order chi connectivity index (χ1) is 13.1. The molecule has 134 valence electrons. The predicted octanol–water partition coefficient (Wildman–Crippen LogP) is 4.58. The minimum Gasteiger partial charge on any atom is -0.402 e. The van der Waals surface area contributed by atoms with Crippen LogP contribution in [0.2, 0.25) is 10.0 Å². The van der Waals surface area contributed by atoms with Crippen LogP contribution >= 0.6 is 23.2 Å². The molecule has 1 aliphatic rings. The fourth-order valence-corrected chi connectivity index (χ4v) is 3.07. The van der Waals surface area contributed by atoms with E-state index >= 15 is 0 Å². The zero-order valence-electron chi connectivity index (χ0n) is 14.0. The second-order valence-electron chi connectivity index (χ2n) is 5.88. The third-order valence-electron chi connectivity index (χ3n) is 3.97. The highest BCUT2D eigenvalue weighted by atomic mass is 35.5. The number of benzene rings is 2. The Balaban J connectivity index is 1.57. The van der Waals surface area contributed by atoms with Gasteiger partial charge in [-0.3, -0.25) is 4.68 Å². The number of aliphatic imine (C=N–C) groups is 1. The summed E-state index contributed by atoms with van der Waals surface area (Å²) in [6.45, 7) is 0.529. The molecule has 0 bridgehead atoms. The predicted molar refractivity (Wildman–Crippen MR) is 105 cm³/mol. The van der Waals surface area contributed by atoms with Gasteiger partial charge in [0.2, 0.25) is 5.90 Å². The summed E-state index contributed by atoms with van der Waals surface area (Å²) in [5.74, 6) is -0.330. The quantitative estimate of drug-likeness (QED) is 0.478. The number of carbonyl (C=O) groups is 1. The molecule has 4 rings (SSSR count). The summed E-state index contributed by atoms with van der Waals surface area (Å²) in [6, 6.07) is 14.6. The Morgan fingerprint density at radius 1 is 1.04 bits per heavy atom. The number of hydrogen-bond acceptors (Lipinski definition) is 4. The van der Waals surface area contributed by atoms with Gasteiger partial charge in [0, 0.05) is 16.8 Å². The van der Waals surface area contributed by atoms with Crippen molar-refractivity contribution in [2.45, 2.75) is 6.54 Å². The van der Waals surface area contributed by atoms with Gasteiger partial charge in [0.25, 0.3) is 0 Å². The second kappa shape index (κ2) is 7.39. The summed E-state index contributed by atoms with van der Waals surface area (Å²) in [7, 11) is 0. The minimum atomic E-state index is -0.524. The van der Waals surface area contributed by atoms with Crippen LogP contribution in [0.1, 0.15) is 16.7 Å². The van der Waals surface area contributed by atoms with Crippen molar-refractivity contribution in [3.63, 3.8) is 0 Å². The van der Waals surface area contributed by atoms with E-state index in [1.807, 2.05) is 30.5 Å². The van der Waals surface area contributed by atoms with E-state index in [4.69, 9.17) is 27.9 Å². The molecule has 0 spiro atoms. The van der Waals surface area contributed by atoms with Crippen LogP contribution in [0.5, 0.6) is 0 Å². The fourth-order valence-electron chi connectivity index (χ4n) is 2.66. The van der Waals surface area contributed by atoms with E-state index < -0.39 is 5.97 Å². The van der Waals surface area contributed by atoms with E-state index in [1.165, 1.54) is 0 Å². The van der Waals surface area contributed by atoms with Crippen molar-refractivity contribution in [1.29, 1.82) is 0 Å². The lowest BCUT2D eigenvalue weighted by Gasteiger charge is -2.03. The molecule has 0 atom stereocenters. The van der Waals surface area contributed by atoms with Gasteiger partial charge < -0.3 is 4.74 Å². The maximum Gasteiger partial charge on any atom is 0.363 e. The number of ether oxygens (including phenoxy) is 1. The van der Waals surface area contributed by atoms with Gasteiger partial charge >= 0.3 is 5.97 Å². The highest BCUT2D eigenvalue weighted by Crippen LogP contribution is 2.23. The molecule has 2 heterocycles. The molecular weight excluding hydrogens is 385 g/mol. The van der Waals surface area contributed by atoms with Crippen LogP contribution in [0.4, 0.5) is 0 Å². The number of halogens is 2. The van der Waals surface area contributed by atoms with E-state index in [-0.39, 0.29) is 11.6 Å². The molecule has 0 saturated heterocycles. The molecule has 7 heteroatoms. The van der Waals surface area contributed by atoms with Crippen LogP contribution in [0.25, 0.3) is 6.08 Å². The standard InChI is InChI=1S/C20H13Cl2N3O2/c21-16-7-3-1-5-14(16)12-25-11-13(10-23-25)9-18-20(26)27-19(24-18)15-6-2-4-8-17(15)22/h1-11H,12H2/b18-9+. The van der Waals surface area contributed by atoms with Crippen molar-refractivity contribution in [3.05, 3.63) is 93.4 Å². The number of hydrogen-bond donors (Lipinski definition) is 0. The summed E-state index contributed by atoms with van der Waals surface area (Å²) in [5, 5.41) is 5.45. The zero-order chi connectivity index (χ0) is 18.8. The number of nitrogens with zero attached hydrogens (tertiary/aromatic N) is 3. The Kier molecular flexibility index (Phi) is 4.79. The molecule has 0 N–H and O–H groups in total. The van der Waals surface area contributed by atoms with E-state index in [2.05, 4.69) is 10.1 Å². The average molecular weight is 398 g/mol. The number of aromatic nitrogens is 2. The van der Waals surface area contributed by atoms with Crippen LogP contribution in [-0.2, 0) is 16.1 Å². The molecule has 0 unspecified atom stereocenters. The lowest BCUT2D eigenvalue weighted by molar-refractivity contribution is -0.129. The Morgan fingerprint density at radius 2 is 1.78 bits per heavy atom. The Hall–Kier alpha value is -2.89. The monoisotopic (exact) mass is 397 g/mol. The largest absolute Gasteiger partial charge is 0.402 e. The summed E-state index contributed by atoms with van der Waals surface area (Å²) in [5.41, 5.74) is 2.46. The molecular formula is C20H13Cl2N3O2. The van der Waals surface area contributed by atoms with Gasteiger partial charge in [-0.2, -0.15) is 5.10 Å². The van der Waals surface area contributed by atoms with Crippen LogP contribution < -0.4 is 0 Å². The summed E-state index contributed by atoms with van der Waals surface area (Å²) in [6.07, 6.45) is 5.09. The van der Waals surface area contributed by atoms with Gasteiger partial charge in [-0.15, -0.1) is 0 Å². The SMILES string of the molecule is O=C1OC(c2ccccc2Cl)=N/C1=C/c1cnn(Cc2ccccc2Cl)c1. The lowest BCUT2D eigenvalue weighted by atomic mass is 10.2. The third kappa shape index (κ3) is 3.79. The third-order valence-corrected chi connectivity index (χ3v) is 4.67. The number of cyclic esters (lactones) is 1. The summed E-state index contributed by atoms with van der Waals surface area (Å²) in [4.78, 5) is 16.4. The van der Waals surface area contributed by atoms with E-state index in [1.54, 1.807) is 41.2 Å². The van der Waals surface area contributed by atoms with Crippen LogP contribution in [0.3, 0.4) is 0 Å². The molecule has 2 aromatic carbocycles. The maximum atomic E-state index is 12.1. The van der Waals surface area contributed by atoms with Gasteiger partial charge in [0.15, 0.2) is 5.70 Å². The molecule has 5 nitrogen and oxygen atoms in total. The van der Waals surface area contributed by atoms with Crippen molar-refractivity contribution in [2.24, 2.45) is 4.99 Å². The van der Waals surface area contributed by atoms with Crippen molar-refractivity contribution in [3.8, 4) is 0 Å². The Labute approximate surface area is 165 Å². The first kappa shape index (κ1) is 17.5. The van der Waals surface area contributed by atoms with Gasteiger partial charge in [-0.25, -0.2) is 9.79 Å². The topological polar surface area (TPSA) is 56.5 Å². The second-order valence-corrected chi connectivity index (χ2v) is 6.69. The Morgan fingerprint density at radius 3 is 2.56 bits per heavy atom. The molecule has 0 aliphatic carbocycles. The molecule has 1 aromatic heterocycles. The number of esters is 1. The normalized spacial score (nSPS) is 15.1. The van der Waals surface area contributed by atoms with Gasteiger partial charge in [-0.05, 0) is 29.8 Å². The summed E-state index contributed by atoms with van der Waals surface area (Å²) >= 11 is 12.3. The molecule has 0 radical (unpaired) electrons. The smallest absolute Gasteiger partial charge is 0.363 e. The summed E-state index contributed by atoms with van der Waals surface area (Å²) < 4.78 is 6.99. The first-order valence-electron chi connectivity index (χ1n) is 8.13. The molecule has 0 amide bonds. The molecule has 1 aliphatic heterocycles.